The van der Waals surface area contributed by atoms with Crippen LogP contribution >= 0.6 is 0 Å². The van der Waals surface area contributed by atoms with Crippen LogP contribution in [0.3, 0.4) is 0 Å². The average molecular weight is 320 g/mol. The Labute approximate surface area is 140 Å². The Morgan fingerprint density at radius 2 is 2.08 bits per heavy atom. The topological polar surface area (TPSA) is 51.0 Å². The zero-order valence-electron chi connectivity index (χ0n) is 13.8. The summed E-state index contributed by atoms with van der Waals surface area (Å²) in [7, 11) is 0. The molecule has 5 nitrogen and oxygen atoms in total. The van der Waals surface area contributed by atoms with Crippen LogP contribution in [0, 0.1) is 0 Å². The minimum Gasteiger partial charge on any atom is -0.308 e. The maximum Gasteiger partial charge on any atom is 0.258 e. The lowest BCUT2D eigenvalue weighted by molar-refractivity contribution is 0.0985. The minimum atomic E-state index is 0.0362. The van der Waals surface area contributed by atoms with Gasteiger partial charge in [0.05, 0.1) is 5.52 Å². The number of carbonyl (C=O) groups is 1. The fourth-order valence-electron chi connectivity index (χ4n) is 3.38. The first-order valence-corrected chi connectivity index (χ1v) is 8.51. The molecule has 2 aromatic carbocycles. The van der Waals surface area contributed by atoms with Crippen LogP contribution in [0.15, 0.2) is 42.5 Å². The summed E-state index contributed by atoms with van der Waals surface area (Å²) in [6.07, 6.45) is 3.03. The van der Waals surface area contributed by atoms with Crippen molar-refractivity contribution in [2.75, 3.05) is 11.4 Å². The van der Waals surface area contributed by atoms with E-state index in [1.807, 2.05) is 46.0 Å². The number of rotatable bonds is 3. The SMILES string of the molecule is CCCn1nnc2cc(C(=O)N3CCCc4ccccc43)ccc21. The number of hydrogen-bond acceptors (Lipinski definition) is 3. The smallest absolute Gasteiger partial charge is 0.258 e. The van der Waals surface area contributed by atoms with Crippen molar-refractivity contribution < 1.29 is 4.79 Å². The molecule has 0 fully saturated rings. The van der Waals surface area contributed by atoms with Gasteiger partial charge in [0, 0.05) is 24.3 Å². The summed E-state index contributed by atoms with van der Waals surface area (Å²) in [6.45, 7) is 3.71. The highest BCUT2D eigenvalue weighted by Gasteiger charge is 2.23. The van der Waals surface area contributed by atoms with Gasteiger partial charge in [0.25, 0.3) is 5.91 Å². The number of benzene rings is 2. The molecule has 0 N–H and O–H groups in total. The van der Waals surface area contributed by atoms with E-state index in [2.05, 4.69) is 23.3 Å². The summed E-state index contributed by atoms with van der Waals surface area (Å²) in [6, 6.07) is 13.9. The number of fused-ring (bicyclic) bond motifs is 2. The molecule has 3 aromatic rings. The molecule has 122 valence electrons. The number of carbonyl (C=O) groups excluding carboxylic acids is 1. The third kappa shape index (κ3) is 2.46. The highest BCUT2D eigenvalue weighted by molar-refractivity contribution is 6.08. The number of amides is 1. The molecule has 0 unspecified atom stereocenters. The van der Waals surface area contributed by atoms with E-state index in [1.54, 1.807) is 0 Å². The maximum absolute atomic E-state index is 13.0. The van der Waals surface area contributed by atoms with Crippen LogP contribution in [0.1, 0.15) is 35.7 Å². The van der Waals surface area contributed by atoms with Gasteiger partial charge in [-0.25, -0.2) is 4.68 Å². The van der Waals surface area contributed by atoms with Gasteiger partial charge in [0.2, 0.25) is 0 Å². The lowest BCUT2D eigenvalue weighted by Gasteiger charge is -2.29. The minimum absolute atomic E-state index is 0.0362. The number of aryl methyl sites for hydroxylation is 2. The summed E-state index contributed by atoms with van der Waals surface area (Å²) in [5.41, 5.74) is 4.70. The fraction of sp³-hybridized carbons (Fsp3) is 0.316. The number of hydrogen-bond donors (Lipinski definition) is 0. The van der Waals surface area contributed by atoms with Crippen LogP contribution in [-0.4, -0.2) is 27.4 Å². The van der Waals surface area contributed by atoms with E-state index < -0.39 is 0 Å². The summed E-state index contributed by atoms with van der Waals surface area (Å²) >= 11 is 0. The molecule has 4 rings (SSSR count). The van der Waals surface area contributed by atoms with E-state index in [0.717, 1.165) is 49.1 Å². The van der Waals surface area contributed by atoms with Crippen molar-refractivity contribution >= 4 is 22.6 Å². The van der Waals surface area contributed by atoms with Gasteiger partial charge < -0.3 is 4.90 Å². The molecule has 1 aliphatic rings. The predicted octanol–water partition coefficient (Wildman–Crippen LogP) is 3.43. The summed E-state index contributed by atoms with van der Waals surface area (Å²) in [5, 5.41) is 8.39. The van der Waals surface area contributed by atoms with Crippen molar-refractivity contribution in [3.05, 3.63) is 53.6 Å². The third-order valence-electron chi connectivity index (χ3n) is 4.55. The van der Waals surface area contributed by atoms with Crippen LogP contribution in [0.5, 0.6) is 0 Å². The van der Waals surface area contributed by atoms with E-state index in [4.69, 9.17) is 0 Å². The van der Waals surface area contributed by atoms with Gasteiger partial charge >= 0.3 is 0 Å². The van der Waals surface area contributed by atoms with Gasteiger partial charge in [0.1, 0.15) is 5.52 Å². The second-order valence-corrected chi connectivity index (χ2v) is 6.21. The maximum atomic E-state index is 13.0. The molecule has 0 atom stereocenters. The molecule has 1 aliphatic heterocycles. The standard InChI is InChI=1S/C19H20N4O/c1-2-11-23-18-10-9-15(13-16(18)20-21-23)19(24)22-12-5-7-14-6-3-4-8-17(14)22/h3-4,6,8-10,13H,2,5,7,11-12H2,1H3. The number of aromatic nitrogens is 3. The molecule has 24 heavy (non-hydrogen) atoms. The number of nitrogens with zero attached hydrogens (tertiary/aromatic N) is 4. The first-order chi connectivity index (χ1) is 11.8. The van der Waals surface area contributed by atoms with Gasteiger partial charge in [-0.3, -0.25) is 4.79 Å². The Kier molecular flexibility index (Phi) is 3.76. The van der Waals surface area contributed by atoms with Crippen LogP contribution in [0.25, 0.3) is 11.0 Å². The predicted molar refractivity (Wildman–Crippen MR) is 94.3 cm³/mol. The second kappa shape index (κ2) is 6.07. The zero-order chi connectivity index (χ0) is 16.5. The second-order valence-electron chi connectivity index (χ2n) is 6.21. The van der Waals surface area contributed by atoms with E-state index in [1.165, 1.54) is 5.56 Å². The Hall–Kier alpha value is -2.69. The largest absolute Gasteiger partial charge is 0.308 e. The molecule has 1 amide bonds. The fourth-order valence-corrected chi connectivity index (χ4v) is 3.38. The van der Waals surface area contributed by atoms with Crippen LogP contribution in [-0.2, 0) is 13.0 Å². The van der Waals surface area contributed by atoms with Gasteiger partial charge in [0.15, 0.2) is 0 Å². The molecule has 0 spiro atoms. The van der Waals surface area contributed by atoms with Crippen LogP contribution in [0.4, 0.5) is 5.69 Å². The lowest BCUT2D eigenvalue weighted by atomic mass is 10.0. The van der Waals surface area contributed by atoms with Crippen molar-refractivity contribution in [2.24, 2.45) is 0 Å². The summed E-state index contributed by atoms with van der Waals surface area (Å²) in [4.78, 5) is 14.9. The van der Waals surface area contributed by atoms with Crippen LogP contribution < -0.4 is 4.90 Å². The highest BCUT2D eigenvalue weighted by atomic mass is 16.2. The average Bonchev–Trinajstić information content (AvgIpc) is 3.03. The molecule has 0 bridgehead atoms. The zero-order valence-corrected chi connectivity index (χ0v) is 13.8. The van der Waals surface area contributed by atoms with Gasteiger partial charge in [-0.15, -0.1) is 5.10 Å². The molecule has 0 saturated carbocycles. The van der Waals surface area contributed by atoms with Crippen LogP contribution in [0.2, 0.25) is 0 Å². The number of anilines is 1. The van der Waals surface area contributed by atoms with Gasteiger partial charge in [-0.05, 0) is 49.1 Å². The van der Waals surface area contributed by atoms with E-state index >= 15 is 0 Å². The molecular weight excluding hydrogens is 300 g/mol. The van der Waals surface area contributed by atoms with Gasteiger partial charge in [-0.1, -0.05) is 30.3 Å². The molecule has 0 aliphatic carbocycles. The quantitative estimate of drug-likeness (QED) is 0.743. The third-order valence-corrected chi connectivity index (χ3v) is 4.55. The monoisotopic (exact) mass is 320 g/mol. The molecule has 0 radical (unpaired) electrons. The van der Waals surface area contributed by atoms with Crippen molar-refractivity contribution in [1.29, 1.82) is 0 Å². The van der Waals surface area contributed by atoms with Crippen molar-refractivity contribution in [3.8, 4) is 0 Å². The van der Waals surface area contributed by atoms with E-state index in [9.17, 15) is 4.79 Å². The van der Waals surface area contributed by atoms with Crippen molar-refractivity contribution in [2.45, 2.75) is 32.7 Å². The molecule has 1 aromatic heterocycles. The summed E-state index contributed by atoms with van der Waals surface area (Å²) in [5.74, 6) is 0.0362. The Morgan fingerprint density at radius 3 is 2.96 bits per heavy atom. The highest BCUT2D eigenvalue weighted by Crippen LogP contribution is 2.28. The Morgan fingerprint density at radius 1 is 1.21 bits per heavy atom. The van der Waals surface area contributed by atoms with E-state index in [-0.39, 0.29) is 5.91 Å². The number of para-hydroxylation sites is 1. The molecular formula is C19H20N4O. The first-order valence-electron chi connectivity index (χ1n) is 8.51. The van der Waals surface area contributed by atoms with Gasteiger partial charge in [-0.2, -0.15) is 0 Å². The normalized spacial score (nSPS) is 14.0. The Balaban J connectivity index is 1.69. The molecule has 5 heteroatoms. The first kappa shape index (κ1) is 14.9. The lowest BCUT2D eigenvalue weighted by Crippen LogP contribution is -2.35. The molecule has 0 saturated heterocycles. The van der Waals surface area contributed by atoms with Crippen molar-refractivity contribution in [1.82, 2.24) is 15.0 Å². The Bertz CT molecular complexity index is 899. The molecule has 2 heterocycles. The van der Waals surface area contributed by atoms with Crippen molar-refractivity contribution in [3.63, 3.8) is 0 Å². The van der Waals surface area contributed by atoms with E-state index in [0.29, 0.717) is 5.56 Å². The summed E-state index contributed by atoms with van der Waals surface area (Å²) < 4.78 is 1.89.